The molecule has 19 heavy (non-hydrogen) atoms. The predicted octanol–water partition coefficient (Wildman–Crippen LogP) is 2.54. The topological polar surface area (TPSA) is 52.6 Å². The number of hydrogen-bond donors (Lipinski definition) is 2. The average Bonchev–Trinajstić information content (AvgIpc) is 2.37. The highest BCUT2D eigenvalue weighted by molar-refractivity contribution is 6.31. The van der Waals surface area contributed by atoms with Crippen LogP contribution in [0.3, 0.4) is 0 Å². The minimum absolute atomic E-state index is 0. The summed E-state index contributed by atoms with van der Waals surface area (Å²) in [5, 5.41) is 12.8. The van der Waals surface area contributed by atoms with Gasteiger partial charge in [-0.3, -0.25) is 4.79 Å². The van der Waals surface area contributed by atoms with Crippen molar-refractivity contribution in [2.75, 3.05) is 26.2 Å². The van der Waals surface area contributed by atoms with Crippen LogP contribution < -0.4 is 5.32 Å². The lowest BCUT2D eigenvalue weighted by atomic mass is 10.2. The second-order valence-corrected chi connectivity index (χ2v) is 4.38. The molecular weight excluding hydrogens is 287 g/mol. The van der Waals surface area contributed by atoms with E-state index in [2.05, 4.69) is 24.1 Å². The molecule has 0 aromatic heterocycles. The van der Waals surface area contributed by atoms with Crippen LogP contribution in [0, 0.1) is 0 Å². The first-order valence-electron chi connectivity index (χ1n) is 6.07. The van der Waals surface area contributed by atoms with Crippen molar-refractivity contribution in [3.63, 3.8) is 0 Å². The Morgan fingerprint density at radius 1 is 1.37 bits per heavy atom. The van der Waals surface area contributed by atoms with Crippen LogP contribution in [0.1, 0.15) is 24.2 Å². The third-order valence-corrected chi connectivity index (χ3v) is 3.05. The minimum Gasteiger partial charge on any atom is -0.507 e. The molecule has 0 saturated heterocycles. The second kappa shape index (κ2) is 9.02. The maximum atomic E-state index is 11.8. The third kappa shape index (κ3) is 5.68. The maximum absolute atomic E-state index is 11.8. The molecule has 0 radical (unpaired) electrons. The van der Waals surface area contributed by atoms with Crippen LogP contribution in [0.2, 0.25) is 5.02 Å². The van der Waals surface area contributed by atoms with Crippen LogP contribution in [-0.2, 0) is 0 Å². The molecule has 0 unspecified atom stereocenters. The summed E-state index contributed by atoms with van der Waals surface area (Å²) in [5.41, 5.74) is 0.210. The zero-order valence-electron chi connectivity index (χ0n) is 11.1. The highest BCUT2D eigenvalue weighted by Gasteiger charge is 2.11. The van der Waals surface area contributed by atoms with Crippen LogP contribution >= 0.6 is 24.0 Å². The quantitative estimate of drug-likeness (QED) is 0.849. The van der Waals surface area contributed by atoms with E-state index in [-0.39, 0.29) is 29.6 Å². The van der Waals surface area contributed by atoms with E-state index in [1.807, 2.05) is 0 Å². The molecule has 2 N–H and O–H groups in total. The Morgan fingerprint density at radius 3 is 2.58 bits per heavy atom. The number of hydrogen-bond acceptors (Lipinski definition) is 3. The summed E-state index contributed by atoms with van der Waals surface area (Å²) in [4.78, 5) is 14.0. The molecule has 0 bridgehead atoms. The third-order valence-electron chi connectivity index (χ3n) is 2.81. The van der Waals surface area contributed by atoms with Gasteiger partial charge in [-0.25, -0.2) is 0 Å². The number of carbonyl (C=O) groups is 1. The van der Waals surface area contributed by atoms with Gasteiger partial charge < -0.3 is 15.3 Å². The van der Waals surface area contributed by atoms with E-state index in [4.69, 9.17) is 11.6 Å². The first-order valence-corrected chi connectivity index (χ1v) is 6.45. The van der Waals surface area contributed by atoms with Gasteiger partial charge in [-0.2, -0.15) is 0 Å². The summed E-state index contributed by atoms with van der Waals surface area (Å²) in [7, 11) is 0. The molecule has 6 heteroatoms. The monoisotopic (exact) mass is 306 g/mol. The molecular formula is C13H20Cl2N2O2. The van der Waals surface area contributed by atoms with Crippen molar-refractivity contribution < 1.29 is 9.90 Å². The minimum atomic E-state index is -0.304. The van der Waals surface area contributed by atoms with Crippen molar-refractivity contribution >= 4 is 29.9 Å². The Hall–Kier alpha value is -0.970. The van der Waals surface area contributed by atoms with E-state index >= 15 is 0 Å². The molecule has 0 atom stereocenters. The second-order valence-electron chi connectivity index (χ2n) is 3.94. The molecule has 0 saturated carbocycles. The van der Waals surface area contributed by atoms with Crippen molar-refractivity contribution in [1.82, 2.24) is 10.2 Å². The molecule has 108 valence electrons. The van der Waals surface area contributed by atoms with Crippen molar-refractivity contribution in [2.24, 2.45) is 0 Å². The van der Waals surface area contributed by atoms with Gasteiger partial charge >= 0.3 is 0 Å². The number of aromatic hydroxyl groups is 1. The van der Waals surface area contributed by atoms with E-state index in [0.29, 0.717) is 11.6 Å². The summed E-state index contributed by atoms with van der Waals surface area (Å²) in [6, 6.07) is 4.43. The fraction of sp³-hybridized carbons (Fsp3) is 0.462. The van der Waals surface area contributed by atoms with Gasteiger partial charge in [0.25, 0.3) is 5.91 Å². The number of carbonyl (C=O) groups excluding carboxylic acids is 1. The van der Waals surface area contributed by atoms with Crippen molar-refractivity contribution in [3.8, 4) is 5.75 Å². The van der Waals surface area contributed by atoms with Crippen LogP contribution in [0.4, 0.5) is 0 Å². The lowest BCUT2D eigenvalue weighted by Crippen LogP contribution is -2.34. The summed E-state index contributed by atoms with van der Waals surface area (Å²) in [5.74, 6) is -0.359. The van der Waals surface area contributed by atoms with Crippen molar-refractivity contribution in [2.45, 2.75) is 13.8 Å². The van der Waals surface area contributed by atoms with E-state index < -0.39 is 0 Å². The summed E-state index contributed by atoms with van der Waals surface area (Å²) >= 11 is 5.79. The van der Waals surface area contributed by atoms with Gasteiger partial charge in [-0.15, -0.1) is 12.4 Å². The molecule has 0 aliphatic heterocycles. The van der Waals surface area contributed by atoms with Crippen LogP contribution in [0.15, 0.2) is 18.2 Å². The normalized spacial score (nSPS) is 10.1. The zero-order valence-corrected chi connectivity index (χ0v) is 12.7. The fourth-order valence-electron chi connectivity index (χ4n) is 1.65. The van der Waals surface area contributed by atoms with Gasteiger partial charge in [0.2, 0.25) is 0 Å². The largest absolute Gasteiger partial charge is 0.507 e. The number of halogens is 2. The van der Waals surface area contributed by atoms with Gasteiger partial charge in [0, 0.05) is 18.1 Å². The van der Waals surface area contributed by atoms with E-state index in [1.165, 1.54) is 12.1 Å². The van der Waals surface area contributed by atoms with Crippen LogP contribution in [0.5, 0.6) is 5.75 Å². The molecule has 0 spiro atoms. The molecule has 4 nitrogen and oxygen atoms in total. The zero-order chi connectivity index (χ0) is 13.5. The molecule has 0 aliphatic rings. The molecule has 0 fully saturated rings. The summed E-state index contributed by atoms with van der Waals surface area (Å²) < 4.78 is 0. The Bertz CT molecular complexity index is 410. The molecule has 1 amide bonds. The molecule has 1 aromatic carbocycles. The number of rotatable bonds is 6. The van der Waals surface area contributed by atoms with E-state index in [1.54, 1.807) is 6.07 Å². The van der Waals surface area contributed by atoms with Crippen molar-refractivity contribution in [1.29, 1.82) is 0 Å². The predicted molar refractivity (Wildman–Crippen MR) is 80.5 cm³/mol. The van der Waals surface area contributed by atoms with E-state index in [9.17, 15) is 9.90 Å². The van der Waals surface area contributed by atoms with Crippen LogP contribution in [0.25, 0.3) is 0 Å². The number of benzene rings is 1. The number of likely N-dealkylation sites (N-methyl/N-ethyl adjacent to an activating group) is 1. The number of phenolic OH excluding ortho intramolecular Hbond substituents is 1. The van der Waals surface area contributed by atoms with Gasteiger partial charge in [-0.1, -0.05) is 25.4 Å². The lowest BCUT2D eigenvalue weighted by Gasteiger charge is -2.18. The molecule has 0 aliphatic carbocycles. The van der Waals surface area contributed by atoms with Gasteiger partial charge in [0.1, 0.15) is 5.75 Å². The standard InChI is InChI=1S/C13H19ClN2O2.ClH/c1-3-16(4-2)8-7-15-13(18)11-9-10(14)5-6-12(11)17;/h5-6,9,17H,3-4,7-8H2,1-2H3,(H,15,18);1H. The number of nitrogens with one attached hydrogen (secondary N) is 1. The van der Waals surface area contributed by atoms with Gasteiger partial charge in [0.15, 0.2) is 0 Å². The number of amides is 1. The fourth-order valence-corrected chi connectivity index (χ4v) is 1.82. The highest BCUT2D eigenvalue weighted by atomic mass is 35.5. The Labute approximate surface area is 125 Å². The molecule has 1 rings (SSSR count). The first-order chi connectivity index (χ1) is 8.58. The first kappa shape index (κ1) is 18.0. The van der Waals surface area contributed by atoms with Crippen LogP contribution in [-0.4, -0.2) is 42.1 Å². The maximum Gasteiger partial charge on any atom is 0.255 e. The number of phenols is 1. The number of nitrogens with zero attached hydrogens (tertiary/aromatic N) is 1. The summed E-state index contributed by atoms with van der Waals surface area (Å²) in [6.45, 7) is 7.40. The highest BCUT2D eigenvalue weighted by Crippen LogP contribution is 2.21. The summed E-state index contributed by atoms with van der Waals surface area (Å²) in [6.07, 6.45) is 0. The molecule has 1 aromatic rings. The average molecular weight is 307 g/mol. The Kier molecular flexibility index (Phi) is 8.56. The van der Waals surface area contributed by atoms with Gasteiger partial charge in [-0.05, 0) is 31.3 Å². The molecule has 0 heterocycles. The Balaban J connectivity index is 0.00000324. The van der Waals surface area contributed by atoms with Gasteiger partial charge in [0.05, 0.1) is 5.56 Å². The van der Waals surface area contributed by atoms with Crippen molar-refractivity contribution in [3.05, 3.63) is 28.8 Å². The van der Waals surface area contributed by atoms with E-state index in [0.717, 1.165) is 19.6 Å². The smallest absolute Gasteiger partial charge is 0.255 e. The SMILES string of the molecule is CCN(CC)CCNC(=O)c1cc(Cl)ccc1O.Cl. The lowest BCUT2D eigenvalue weighted by molar-refractivity contribution is 0.0946. The Morgan fingerprint density at radius 2 is 2.00 bits per heavy atom.